The first-order valence-electron chi connectivity index (χ1n) is 5.31. The van der Waals surface area contributed by atoms with E-state index in [1.165, 1.54) is 0 Å². The van der Waals surface area contributed by atoms with Crippen LogP contribution in [0.15, 0.2) is 23.5 Å². The average Bonchev–Trinajstić information content (AvgIpc) is 2.72. The molecule has 7 heteroatoms. The average molecular weight is 252 g/mol. The van der Waals surface area contributed by atoms with Crippen molar-refractivity contribution in [3.05, 3.63) is 29.0 Å². The van der Waals surface area contributed by atoms with E-state index < -0.39 is 15.3 Å². The van der Waals surface area contributed by atoms with Gasteiger partial charge in [-0.05, 0) is 11.6 Å². The molecule has 0 aromatic carbocycles. The van der Waals surface area contributed by atoms with Gasteiger partial charge >= 0.3 is 0 Å². The predicted molar refractivity (Wildman–Crippen MR) is 62.0 cm³/mol. The van der Waals surface area contributed by atoms with E-state index in [4.69, 9.17) is 5.14 Å². The first-order chi connectivity index (χ1) is 8.07. The second kappa shape index (κ2) is 3.59. The van der Waals surface area contributed by atoms with Crippen LogP contribution in [0.3, 0.4) is 0 Å². The summed E-state index contributed by atoms with van der Waals surface area (Å²) in [6.07, 6.45) is 3.29. The van der Waals surface area contributed by atoms with Gasteiger partial charge in [-0.1, -0.05) is 0 Å². The van der Waals surface area contributed by atoms with Crippen LogP contribution in [0.2, 0.25) is 0 Å². The predicted octanol–water partition coefficient (Wildman–Crippen LogP) is -2.51. The van der Waals surface area contributed by atoms with Crippen LogP contribution in [0.25, 0.3) is 5.57 Å². The molecule has 1 aromatic rings. The number of nitrogens with zero attached hydrogens (tertiary/aromatic N) is 2. The summed E-state index contributed by atoms with van der Waals surface area (Å²) in [5, 5.41) is 9.36. The third-order valence-corrected chi connectivity index (χ3v) is 4.44. The zero-order valence-corrected chi connectivity index (χ0v) is 9.81. The van der Waals surface area contributed by atoms with Gasteiger partial charge in [0.25, 0.3) is 0 Å². The zero-order valence-electron chi connectivity index (χ0n) is 9.00. The molecule has 1 fully saturated rings. The molecule has 6 nitrogen and oxygen atoms in total. The summed E-state index contributed by atoms with van der Waals surface area (Å²) in [5.41, 5.74) is 0.833. The molecule has 0 spiro atoms. The Morgan fingerprint density at radius 3 is 3.06 bits per heavy atom. The highest BCUT2D eigenvalue weighted by Crippen LogP contribution is 2.21. The van der Waals surface area contributed by atoms with Crippen molar-refractivity contribution in [2.45, 2.75) is 11.3 Å². The standard InChI is InChI=1S/C10H12N4O2S/c11-17(15,16)9-5-14-8-4-13-7-3-12-2-1-6(7)10(8)9/h1-3,8-9,14H,4-5H2,(H2,11,15,16). The van der Waals surface area contributed by atoms with Crippen LogP contribution in [0.5, 0.6) is 0 Å². The SMILES string of the molecule is NS(=O)(=O)C1CNC2CN=c3cnccc3=C21. The Bertz CT molecular complexity index is 683. The summed E-state index contributed by atoms with van der Waals surface area (Å²) < 4.78 is 23.1. The van der Waals surface area contributed by atoms with E-state index in [0.29, 0.717) is 13.1 Å². The molecule has 0 saturated carbocycles. The molecule has 1 saturated heterocycles. The summed E-state index contributed by atoms with van der Waals surface area (Å²) in [6.45, 7) is 0.899. The van der Waals surface area contributed by atoms with Crippen LogP contribution in [0.4, 0.5) is 0 Å². The molecule has 1 aromatic heterocycles. The summed E-state index contributed by atoms with van der Waals surface area (Å²) in [6, 6.07) is 1.78. The van der Waals surface area contributed by atoms with Crippen LogP contribution in [-0.4, -0.2) is 37.8 Å². The minimum atomic E-state index is -3.58. The number of aromatic nitrogens is 1. The third-order valence-electron chi connectivity index (χ3n) is 3.22. The van der Waals surface area contributed by atoms with Crippen molar-refractivity contribution in [1.82, 2.24) is 10.3 Å². The van der Waals surface area contributed by atoms with E-state index >= 15 is 0 Å². The van der Waals surface area contributed by atoms with E-state index in [2.05, 4.69) is 15.3 Å². The largest absolute Gasteiger partial charge is 0.307 e. The molecule has 2 unspecified atom stereocenters. The van der Waals surface area contributed by atoms with Crippen molar-refractivity contribution < 1.29 is 8.42 Å². The van der Waals surface area contributed by atoms with Gasteiger partial charge in [0.15, 0.2) is 0 Å². The van der Waals surface area contributed by atoms with Crippen molar-refractivity contribution in [3.63, 3.8) is 0 Å². The topological polar surface area (TPSA) is 97.4 Å². The second-order valence-corrected chi connectivity index (χ2v) is 5.97. The smallest absolute Gasteiger partial charge is 0.217 e. The maximum Gasteiger partial charge on any atom is 0.217 e. The minimum absolute atomic E-state index is 0.0202. The number of primary sulfonamides is 1. The molecule has 3 rings (SSSR count). The number of nitrogens with two attached hydrogens (primary N) is 1. The monoisotopic (exact) mass is 252 g/mol. The summed E-state index contributed by atoms with van der Waals surface area (Å²) >= 11 is 0. The lowest BCUT2D eigenvalue weighted by atomic mass is 10.0. The van der Waals surface area contributed by atoms with Gasteiger partial charge < -0.3 is 5.32 Å². The number of sulfonamides is 1. The minimum Gasteiger partial charge on any atom is -0.307 e. The molecule has 90 valence electrons. The summed E-state index contributed by atoms with van der Waals surface area (Å²) in [5.74, 6) is 0. The van der Waals surface area contributed by atoms with Gasteiger partial charge in [-0.25, -0.2) is 13.6 Å². The lowest BCUT2D eigenvalue weighted by molar-refractivity contribution is 0.591. The molecule has 0 aliphatic carbocycles. The molecule has 0 amide bonds. The number of fused-ring (bicyclic) bond motifs is 2. The fourth-order valence-electron chi connectivity index (χ4n) is 2.46. The van der Waals surface area contributed by atoms with E-state index in [1.807, 2.05) is 0 Å². The van der Waals surface area contributed by atoms with E-state index in [-0.39, 0.29) is 6.04 Å². The zero-order chi connectivity index (χ0) is 12.0. The Hall–Kier alpha value is -1.31. The maximum absolute atomic E-state index is 11.6. The first-order valence-corrected chi connectivity index (χ1v) is 6.92. The molecule has 0 bridgehead atoms. The lowest BCUT2D eigenvalue weighted by Gasteiger charge is -2.16. The van der Waals surface area contributed by atoms with Gasteiger partial charge in [-0.15, -0.1) is 0 Å². The van der Waals surface area contributed by atoms with Crippen molar-refractivity contribution in [2.75, 3.05) is 13.1 Å². The van der Waals surface area contributed by atoms with Crippen LogP contribution < -0.4 is 21.0 Å². The number of rotatable bonds is 1. The second-order valence-electron chi connectivity index (χ2n) is 4.23. The number of pyridine rings is 1. The van der Waals surface area contributed by atoms with Gasteiger partial charge in [-0.3, -0.25) is 9.98 Å². The highest BCUT2D eigenvalue weighted by atomic mass is 32.2. The fourth-order valence-corrected chi connectivity index (χ4v) is 3.43. The van der Waals surface area contributed by atoms with Crippen LogP contribution >= 0.6 is 0 Å². The maximum atomic E-state index is 11.6. The Balaban J connectivity index is 2.34. The summed E-state index contributed by atoms with van der Waals surface area (Å²) in [7, 11) is -3.58. The Kier molecular flexibility index (Phi) is 2.29. The van der Waals surface area contributed by atoms with Crippen LogP contribution in [-0.2, 0) is 10.0 Å². The lowest BCUT2D eigenvalue weighted by Crippen LogP contribution is -2.42. The molecule has 2 atom stereocenters. The first kappa shape index (κ1) is 10.8. The van der Waals surface area contributed by atoms with Gasteiger partial charge in [0.1, 0.15) is 5.25 Å². The quantitative estimate of drug-likeness (QED) is 0.577. The number of nitrogens with one attached hydrogen (secondary N) is 1. The van der Waals surface area contributed by atoms with Crippen molar-refractivity contribution in [3.8, 4) is 0 Å². The Morgan fingerprint density at radius 2 is 2.29 bits per heavy atom. The molecule has 3 heterocycles. The normalized spacial score (nSPS) is 27.2. The Labute approximate surface area is 98.3 Å². The van der Waals surface area contributed by atoms with Crippen molar-refractivity contribution >= 4 is 15.6 Å². The van der Waals surface area contributed by atoms with E-state index in [1.54, 1.807) is 18.5 Å². The van der Waals surface area contributed by atoms with E-state index in [0.717, 1.165) is 16.1 Å². The number of hydrogen-bond donors (Lipinski definition) is 2. The van der Waals surface area contributed by atoms with Gasteiger partial charge in [0.2, 0.25) is 10.0 Å². The van der Waals surface area contributed by atoms with Crippen LogP contribution in [0.1, 0.15) is 0 Å². The molecule has 2 aliphatic rings. The third kappa shape index (κ3) is 1.67. The molecule has 0 radical (unpaired) electrons. The summed E-state index contributed by atoms with van der Waals surface area (Å²) in [4.78, 5) is 8.36. The van der Waals surface area contributed by atoms with Gasteiger partial charge in [-0.2, -0.15) is 0 Å². The van der Waals surface area contributed by atoms with Crippen molar-refractivity contribution in [1.29, 1.82) is 0 Å². The number of hydrogen-bond acceptors (Lipinski definition) is 5. The molecule has 3 N–H and O–H groups in total. The molecular weight excluding hydrogens is 240 g/mol. The molecular formula is C10H12N4O2S. The molecule has 17 heavy (non-hydrogen) atoms. The van der Waals surface area contributed by atoms with Crippen LogP contribution in [0, 0.1) is 0 Å². The highest BCUT2D eigenvalue weighted by molar-refractivity contribution is 7.90. The van der Waals surface area contributed by atoms with Gasteiger partial charge in [0, 0.05) is 18.0 Å². The van der Waals surface area contributed by atoms with Gasteiger partial charge in [0.05, 0.1) is 24.1 Å². The van der Waals surface area contributed by atoms with Crippen molar-refractivity contribution in [2.24, 2.45) is 10.1 Å². The molecule has 2 aliphatic heterocycles. The highest BCUT2D eigenvalue weighted by Gasteiger charge is 2.38. The Morgan fingerprint density at radius 1 is 1.47 bits per heavy atom. The van der Waals surface area contributed by atoms with E-state index in [9.17, 15) is 8.42 Å². The fraction of sp³-hybridized carbons (Fsp3) is 0.400.